The standard InChI is InChI=1S/C17H12N2O2S/c20-11-5-6-14-15(8-11)22-16(17(21)19-14)7-10-9-18-13-4-2-1-3-12(10)13/h1-9,18,20H,(H,19,21). The van der Waals surface area contributed by atoms with E-state index >= 15 is 0 Å². The van der Waals surface area contributed by atoms with Gasteiger partial charge in [-0.2, -0.15) is 0 Å². The fraction of sp³-hybridized carbons (Fsp3) is 0. The van der Waals surface area contributed by atoms with E-state index in [1.165, 1.54) is 11.8 Å². The minimum absolute atomic E-state index is 0.131. The Hall–Kier alpha value is -2.66. The molecule has 4 rings (SSSR count). The van der Waals surface area contributed by atoms with Gasteiger partial charge in [0.1, 0.15) is 5.75 Å². The fourth-order valence-electron chi connectivity index (χ4n) is 2.50. The van der Waals surface area contributed by atoms with Gasteiger partial charge in [-0.05, 0) is 30.3 Å². The summed E-state index contributed by atoms with van der Waals surface area (Å²) >= 11 is 1.36. The van der Waals surface area contributed by atoms with Gasteiger partial charge in [0.2, 0.25) is 0 Å². The number of thioether (sulfide) groups is 1. The number of anilines is 1. The van der Waals surface area contributed by atoms with Gasteiger partial charge in [0, 0.05) is 27.6 Å². The molecule has 1 aliphatic rings. The van der Waals surface area contributed by atoms with Gasteiger partial charge >= 0.3 is 0 Å². The Kier molecular flexibility index (Phi) is 2.94. The third kappa shape index (κ3) is 2.16. The molecule has 5 heteroatoms. The van der Waals surface area contributed by atoms with Crippen LogP contribution in [0, 0.1) is 0 Å². The highest BCUT2D eigenvalue weighted by Gasteiger charge is 2.21. The summed E-state index contributed by atoms with van der Waals surface area (Å²) in [6.07, 6.45) is 3.76. The second-order valence-corrected chi connectivity index (χ2v) is 6.12. The smallest absolute Gasteiger partial charge is 0.262 e. The van der Waals surface area contributed by atoms with Gasteiger partial charge in [-0.3, -0.25) is 4.79 Å². The summed E-state index contributed by atoms with van der Waals surface area (Å²) in [6, 6.07) is 12.9. The molecule has 0 bridgehead atoms. The van der Waals surface area contributed by atoms with Gasteiger partial charge in [-0.1, -0.05) is 30.0 Å². The van der Waals surface area contributed by atoms with Crippen LogP contribution in [-0.2, 0) is 4.79 Å². The third-order valence-corrected chi connectivity index (χ3v) is 4.65. The highest BCUT2D eigenvalue weighted by Crippen LogP contribution is 2.40. The maximum Gasteiger partial charge on any atom is 0.262 e. The van der Waals surface area contributed by atoms with Crippen molar-refractivity contribution in [1.82, 2.24) is 4.98 Å². The monoisotopic (exact) mass is 308 g/mol. The molecule has 22 heavy (non-hydrogen) atoms. The molecule has 3 aromatic rings. The zero-order valence-electron chi connectivity index (χ0n) is 11.5. The van der Waals surface area contributed by atoms with Crippen molar-refractivity contribution in [2.24, 2.45) is 0 Å². The largest absolute Gasteiger partial charge is 0.508 e. The Balaban J connectivity index is 1.78. The summed E-state index contributed by atoms with van der Waals surface area (Å²) in [5, 5.41) is 13.5. The van der Waals surface area contributed by atoms with Gasteiger partial charge in [0.15, 0.2) is 0 Å². The lowest BCUT2D eigenvalue weighted by molar-refractivity contribution is -0.112. The first-order valence-electron chi connectivity index (χ1n) is 6.81. The first kappa shape index (κ1) is 13.0. The van der Waals surface area contributed by atoms with E-state index in [0.29, 0.717) is 4.91 Å². The summed E-state index contributed by atoms with van der Waals surface area (Å²) in [5.41, 5.74) is 2.73. The van der Waals surface area contributed by atoms with Crippen LogP contribution >= 0.6 is 11.8 Å². The molecule has 0 atom stereocenters. The summed E-state index contributed by atoms with van der Waals surface area (Å²) in [6.45, 7) is 0. The van der Waals surface area contributed by atoms with Crippen molar-refractivity contribution in [2.45, 2.75) is 4.90 Å². The number of amides is 1. The maximum absolute atomic E-state index is 12.2. The predicted molar refractivity (Wildman–Crippen MR) is 88.9 cm³/mol. The Bertz CT molecular complexity index is 927. The Morgan fingerprint density at radius 3 is 2.91 bits per heavy atom. The average molecular weight is 308 g/mol. The molecular formula is C17H12N2O2S. The Morgan fingerprint density at radius 2 is 2.00 bits per heavy atom. The molecule has 0 spiro atoms. The molecule has 0 saturated carbocycles. The number of phenolic OH excluding ortho intramolecular Hbond substituents is 1. The molecule has 4 nitrogen and oxygen atoms in total. The number of rotatable bonds is 1. The van der Waals surface area contributed by atoms with Gasteiger partial charge < -0.3 is 15.4 Å². The van der Waals surface area contributed by atoms with Crippen molar-refractivity contribution in [2.75, 3.05) is 5.32 Å². The third-order valence-electron chi connectivity index (χ3n) is 3.56. The summed E-state index contributed by atoms with van der Waals surface area (Å²) in [4.78, 5) is 16.9. The molecule has 1 aliphatic heterocycles. The summed E-state index contributed by atoms with van der Waals surface area (Å²) in [7, 11) is 0. The van der Waals surface area contributed by atoms with Crippen molar-refractivity contribution in [3.05, 3.63) is 59.1 Å². The second-order valence-electron chi connectivity index (χ2n) is 5.03. The highest BCUT2D eigenvalue weighted by atomic mass is 32.2. The quantitative estimate of drug-likeness (QED) is 0.471. The zero-order chi connectivity index (χ0) is 15.1. The van der Waals surface area contributed by atoms with Crippen LogP contribution < -0.4 is 5.32 Å². The van der Waals surface area contributed by atoms with E-state index in [4.69, 9.17) is 0 Å². The molecule has 0 aliphatic carbocycles. The summed E-state index contributed by atoms with van der Waals surface area (Å²) < 4.78 is 0. The van der Waals surface area contributed by atoms with Crippen molar-refractivity contribution >= 4 is 40.3 Å². The van der Waals surface area contributed by atoms with E-state index in [1.54, 1.807) is 18.2 Å². The molecule has 1 aromatic heterocycles. The molecule has 108 valence electrons. The van der Waals surface area contributed by atoms with Crippen molar-refractivity contribution in [1.29, 1.82) is 0 Å². The normalized spacial score (nSPS) is 15.8. The molecule has 2 aromatic carbocycles. The van der Waals surface area contributed by atoms with Crippen LogP contribution in [-0.4, -0.2) is 16.0 Å². The van der Waals surface area contributed by atoms with Gasteiger partial charge in [0.05, 0.1) is 10.6 Å². The van der Waals surface area contributed by atoms with Crippen molar-refractivity contribution in [3.63, 3.8) is 0 Å². The number of carbonyl (C=O) groups is 1. The minimum Gasteiger partial charge on any atom is -0.508 e. The fourth-order valence-corrected chi connectivity index (χ4v) is 3.47. The number of para-hydroxylation sites is 1. The topological polar surface area (TPSA) is 65.1 Å². The predicted octanol–water partition coefficient (Wildman–Crippen LogP) is 3.96. The van der Waals surface area contributed by atoms with Gasteiger partial charge in [0.25, 0.3) is 5.91 Å². The molecule has 0 radical (unpaired) electrons. The number of aromatic hydroxyl groups is 1. The average Bonchev–Trinajstić information content (AvgIpc) is 2.92. The van der Waals surface area contributed by atoms with Gasteiger partial charge in [-0.25, -0.2) is 0 Å². The number of hydrogen-bond donors (Lipinski definition) is 3. The number of phenols is 1. The van der Waals surface area contributed by atoms with Crippen LogP contribution in [0.3, 0.4) is 0 Å². The molecule has 1 amide bonds. The molecule has 0 fully saturated rings. The highest BCUT2D eigenvalue weighted by molar-refractivity contribution is 8.04. The van der Waals surface area contributed by atoms with Crippen LogP contribution in [0.15, 0.2) is 58.5 Å². The zero-order valence-corrected chi connectivity index (χ0v) is 12.3. The van der Waals surface area contributed by atoms with E-state index in [0.717, 1.165) is 27.0 Å². The first-order chi connectivity index (χ1) is 10.7. The van der Waals surface area contributed by atoms with Crippen molar-refractivity contribution in [3.8, 4) is 5.75 Å². The van der Waals surface area contributed by atoms with Crippen LogP contribution in [0.1, 0.15) is 5.56 Å². The molecule has 2 heterocycles. The number of fused-ring (bicyclic) bond motifs is 2. The SMILES string of the molecule is O=C1Nc2ccc(O)cc2SC1=Cc1c[nH]c2ccccc12. The number of benzene rings is 2. The maximum atomic E-state index is 12.2. The lowest BCUT2D eigenvalue weighted by Gasteiger charge is -2.18. The number of aromatic amines is 1. The molecule has 0 saturated heterocycles. The number of H-pyrrole nitrogens is 1. The molecular weight excluding hydrogens is 296 g/mol. The van der Waals surface area contributed by atoms with E-state index in [1.807, 2.05) is 36.5 Å². The van der Waals surface area contributed by atoms with E-state index < -0.39 is 0 Å². The lowest BCUT2D eigenvalue weighted by atomic mass is 10.1. The first-order valence-corrected chi connectivity index (χ1v) is 7.62. The Labute approximate surface area is 130 Å². The van der Waals surface area contributed by atoms with Crippen LogP contribution in [0.2, 0.25) is 0 Å². The second kappa shape index (κ2) is 4.96. The van der Waals surface area contributed by atoms with Crippen LogP contribution in [0.5, 0.6) is 5.75 Å². The van der Waals surface area contributed by atoms with E-state index in [-0.39, 0.29) is 11.7 Å². The summed E-state index contributed by atoms with van der Waals surface area (Å²) in [5.74, 6) is 0.0577. The number of carbonyl (C=O) groups excluding carboxylic acids is 1. The lowest BCUT2D eigenvalue weighted by Crippen LogP contribution is -2.17. The number of hydrogen-bond acceptors (Lipinski definition) is 3. The minimum atomic E-state index is -0.131. The number of nitrogens with one attached hydrogen (secondary N) is 2. The van der Waals surface area contributed by atoms with Crippen LogP contribution in [0.4, 0.5) is 5.69 Å². The molecule has 3 N–H and O–H groups in total. The number of aromatic nitrogens is 1. The van der Waals surface area contributed by atoms with E-state index in [9.17, 15) is 9.90 Å². The Morgan fingerprint density at radius 1 is 1.14 bits per heavy atom. The van der Waals surface area contributed by atoms with E-state index in [2.05, 4.69) is 10.3 Å². The van der Waals surface area contributed by atoms with Gasteiger partial charge in [-0.15, -0.1) is 0 Å². The van der Waals surface area contributed by atoms with Crippen LogP contribution in [0.25, 0.3) is 17.0 Å². The molecule has 0 unspecified atom stereocenters. The van der Waals surface area contributed by atoms with Crippen molar-refractivity contribution < 1.29 is 9.90 Å².